The van der Waals surface area contributed by atoms with E-state index in [0.717, 1.165) is 24.0 Å². The monoisotopic (exact) mass is 337 g/mol. The molecule has 20 heavy (non-hydrogen) atoms. The van der Waals surface area contributed by atoms with E-state index in [1.54, 1.807) is 0 Å². The van der Waals surface area contributed by atoms with Crippen molar-refractivity contribution in [3.8, 4) is 5.75 Å². The lowest BCUT2D eigenvalue weighted by Gasteiger charge is -2.30. The Morgan fingerprint density at radius 2 is 2.20 bits per heavy atom. The number of aryl methyl sites for hydroxylation is 1. The van der Waals surface area contributed by atoms with E-state index < -0.39 is 0 Å². The van der Waals surface area contributed by atoms with Crippen molar-refractivity contribution >= 4 is 15.9 Å². The molecule has 2 nitrogen and oxygen atoms in total. The molecular weight excluding hydrogens is 314 g/mol. The summed E-state index contributed by atoms with van der Waals surface area (Å²) >= 11 is 3.69. The minimum atomic E-state index is 0.339. The van der Waals surface area contributed by atoms with Gasteiger partial charge in [0.2, 0.25) is 0 Å². The number of alkyl halides is 1. The molecule has 0 aromatic heterocycles. The summed E-state index contributed by atoms with van der Waals surface area (Å²) in [7, 11) is 0. The van der Waals surface area contributed by atoms with Gasteiger partial charge in [-0.05, 0) is 37.9 Å². The Morgan fingerprint density at radius 1 is 1.30 bits per heavy atom. The van der Waals surface area contributed by atoms with E-state index in [-0.39, 0.29) is 0 Å². The van der Waals surface area contributed by atoms with Crippen LogP contribution in [0, 0.1) is 6.92 Å². The van der Waals surface area contributed by atoms with Crippen LogP contribution < -0.4 is 4.74 Å². The van der Waals surface area contributed by atoms with Crippen LogP contribution in [0.3, 0.4) is 0 Å². The van der Waals surface area contributed by atoms with Crippen molar-refractivity contribution in [2.45, 2.75) is 51.2 Å². The van der Waals surface area contributed by atoms with Gasteiger partial charge in [-0.15, -0.1) is 0 Å². The number of fused-ring (bicyclic) bond motifs is 1. The van der Waals surface area contributed by atoms with Crippen LogP contribution in [0.4, 0.5) is 0 Å². The smallest absolute Gasteiger partial charge is 0.123 e. The molecule has 3 rings (SSSR count). The van der Waals surface area contributed by atoms with Gasteiger partial charge in [-0.3, -0.25) is 4.90 Å². The highest BCUT2D eigenvalue weighted by atomic mass is 79.9. The van der Waals surface area contributed by atoms with Crippen molar-refractivity contribution in [3.05, 3.63) is 29.3 Å². The summed E-state index contributed by atoms with van der Waals surface area (Å²) in [5.41, 5.74) is 2.72. The Kier molecular flexibility index (Phi) is 4.67. The first-order valence-corrected chi connectivity index (χ1v) is 8.94. The first-order chi connectivity index (χ1) is 9.76. The van der Waals surface area contributed by atoms with E-state index in [2.05, 4.69) is 46.0 Å². The largest absolute Gasteiger partial charge is 0.488 e. The predicted octanol–water partition coefficient (Wildman–Crippen LogP) is 3.94. The summed E-state index contributed by atoms with van der Waals surface area (Å²) in [6, 6.07) is 7.25. The topological polar surface area (TPSA) is 12.5 Å². The lowest BCUT2D eigenvalue weighted by atomic mass is 10.1. The van der Waals surface area contributed by atoms with Crippen LogP contribution >= 0.6 is 15.9 Å². The van der Waals surface area contributed by atoms with Gasteiger partial charge in [0.05, 0.1) is 0 Å². The molecule has 2 aliphatic heterocycles. The van der Waals surface area contributed by atoms with Gasteiger partial charge in [0.1, 0.15) is 11.9 Å². The maximum Gasteiger partial charge on any atom is 0.123 e. The van der Waals surface area contributed by atoms with E-state index in [4.69, 9.17) is 4.74 Å². The van der Waals surface area contributed by atoms with Gasteiger partial charge in [-0.2, -0.15) is 0 Å². The van der Waals surface area contributed by atoms with Crippen molar-refractivity contribution in [2.75, 3.05) is 18.4 Å². The molecule has 2 unspecified atom stereocenters. The van der Waals surface area contributed by atoms with Crippen LogP contribution in [0.2, 0.25) is 0 Å². The second kappa shape index (κ2) is 6.48. The third-order valence-electron chi connectivity index (χ3n) is 4.57. The Labute approximate surface area is 130 Å². The highest BCUT2D eigenvalue weighted by Crippen LogP contribution is 2.30. The van der Waals surface area contributed by atoms with E-state index in [1.807, 2.05) is 0 Å². The molecule has 0 radical (unpaired) electrons. The maximum absolute atomic E-state index is 6.14. The second-order valence-corrected chi connectivity index (χ2v) is 6.86. The molecule has 0 spiro atoms. The third-order valence-corrected chi connectivity index (χ3v) is 5.32. The zero-order valence-electron chi connectivity index (χ0n) is 12.3. The predicted molar refractivity (Wildman–Crippen MR) is 86.9 cm³/mol. The molecule has 0 aliphatic carbocycles. The standard InChI is InChI=1S/C17H24BrNO/c1-13-6-7-17-14(9-13)10-16(20-17)12-19-8-4-2-3-5-15(19)11-18/h6-7,9,15-16H,2-5,8,10-12H2,1H3. The summed E-state index contributed by atoms with van der Waals surface area (Å²) in [5, 5.41) is 1.09. The van der Waals surface area contributed by atoms with E-state index in [1.165, 1.54) is 43.4 Å². The van der Waals surface area contributed by atoms with Crippen molar-refractivity contribution in [1.82, 2.24) is 4.90 Å². The van der Waals surface area contributed by atoms with Crippen molar-refractivity contribution in [3.63, 3.8) is 0 Å². The molecule has 0 N–H and O–H groups in total. The van der Waals surface area contributed by atoms with Gasteiger partial charge in [-0.25, -0.2) is 0 Å². The first-order valence-electron chi connectivity index (χ1n) is 7.82. The van der Waals surface area contributed by atoms with Gasteiger partial charge < -0.3 is 4.74 Å². The Bertz CT molecular complexity index is 462. The summed E-state index contributed by atoms with van der Waals surface area (Å²) in [5.74, 6) is 1.10. The number of benzene rings is 1. The molecule has 1 aromatic rings. The normalized spacial score (nSPS) is 26.9. The van der Waals surface area contributed by atoms with E-state index >= 15 is 0 Å². The Balaban J connectivity index is 1.64. The average Bonchev–Trinajstić information content (AvgIpc) is 2.68. The molecule has 0 bridgehead atoms. The molecule has 3 heteroatoms. The molecule has 1 saturated heterocycles. The summed E-state index contributed by atoms with van der Waals surface area (Å²) in [6.07, 6.45) is 6.82. The molecule has 1 fully saturated rings. The number of hydrogen-bond acceptors (Lipinski definition) is 2. The Morgan fingerprint density at radius 3 is 3.05 bits per heavy atom. The second-order valence-electron chi connectivity index (χ2n) is 6.21. The highest BCUT2D eigenvalue weighted by molar-refractivity contribution is 9.09. The quantitative estimate of drug-likeness (QED) is 0.774. The zero-order chi connectivity index (χ0) is 13.9. The molecule has 1 aromatic carbocycles. The highest BCUT2D eigenvalue weighted by Gasteiger charge is 2.28. The lowest BCUT2D eigenvalue weighted by molar-refractivity contribution is 0.126. The van der Waals surface area contributed by atoms with Gasteiger partial charge in [0.25, 0.3) is 0 Å². The summed E-state index contributed by atoms with van der Waals surface area (Å²) < 4.78 is 6.14. The number of nitrogens with zero attached hydrogens (tertiary/aromatic N) is 1. The van der Waals surface area contributed by atoms with Crippen molar-refractivity contribution in [1.29, 1.82) is 0 Å². The van der Waals surface area contributed by atoms with Crippen molar-refractivity contribution < 1.29 is 4.74 Å². The molecule has 110 valence electrons. The number of halogens is 1. The van der Waals surface area contributed by atoms with E-state index in [0.29, 0.717) is 12.1 Å². The van der Waals surface area contributed by atoms with Gasteiger partial charge in [-0.1, -0.05) is 46.5 Å². The van der Waals surface area contributed by atoms with Crippen LogP contribution in [-0.2, 0) is 6.42 Å². The molecule has 2 atom stereocenters. The molecular formula is C17H24BrNO. The van der Waals surface area contributed by atoms with E-state index in [9.17, 15) is 0 Å². The number of likely N-dealkylation sites (tertiary alicyclic amines) is 1. The first kappa shape index (κ1) is 14.4. The fourth-order valence-electron chi connectivity index (χ4n) is 3.46. The maximum atomic E-state index is 6.14. The molecule has 2 aliphatic rings. The number of hydrogen-bond donors (Lipinski definition) is 0. The number of ether oxygens (including phenoxy) is 1. The van der Waals surface area contributed by atoms with Crippen LogP contribution in [0.25, 0.3) is 0 Å². The molecule has 0 saturated carbocycles. The summed E-state index contributed by atoms with van der Waals surface area (Å²) in [6.45, 7) is 4.46. The van der Waals surface area contributed by atoms with Gasteiger partial charge >= 0.3 is 0 Å². The molecule has 2 heterocycles. The lowest BCUT2D eigenvalue weighted by Crippen LogP contribution is -2.42. The number of rotatable bonds is 3. The molecule has 0 amide bonds. The van der Waals surface area contributed by atoms with Crippen LogP contribution in [0.15, 0.2) is 18.2 Å². The third kappa shape index (κ3) is 3.20. The fourth-order valence-corrected chi connectivity index (χ4v) is 4.20. The van der Waals surface area contributed by atoms with Gasteiger partial charge in [0, 0.05) is 24.3 Å². The van der Waals surface area contributed by atoms with Crippen LogP contribution in [0.5, 0.6) is 5.75 Å². The zero-order valence-corrected chi connectivity index (χ0v) is 13.9. The van der Waals surface area contributed by atoms with Crippen LogP contribution in [-0.4, -0.2) is 35.5 Å². The van der Waals surface area contributed by atoms with Crippen LogP contribution in [0.1, 0.15) is 36.8 Å². The van der Waals surface area contributed by atoms with Crippen molar-refractivity contribution in [2.24, 2.45) is 0 Å². The van der Waals surface area contributed by atoms with Gasteiger partial charge in [0.15, 0.2) is 0 Å². The fraction of sp³-hybridized carbons (Fsp3) is 0.647. The SMILES string of the molecule is Cc1ccc2c(c1)CC(CN1CCCCCC1CBr)O2. The summed E-state index contributed by atoms with van der Waals surface area (Å²) in [4.78, 5) is 2.64. The minimum Gasteiger partial charge on any atom is -0.488 e. The Hall–Kier alpha value is -0.540. The average molecular weight is 338 g/mol. The minimum absolute atomic E-state index is 0.339.